The molecule has 0 amide bonds. The summed E-state index contributed by atoms with van der Waals surface area (Å²) in [7, 11) is -3.35. The number of hydrogen-bond acceptors (Lipinski definition) is 3. The average Bonchev–Trinajstić information content (AvgIpc) is 3.03. The third kappa shape index (κ3) is 2.52. The van der Waals surface area contributed by atoms with Gasteiger partial charge in [0.2, 0.25) is 0 Å². The lowest BCUT2D eigenvalue weighted by atomic mass is 10.3. The molecule has 5 heteroatoms. The first-order chi connectivity index (χ1) is 7.49. The molecular formula is C11H14FNO2S. The van der Waals surface area contributed by atoms with Gasteiger partial charge in [0.05, 0.1) is 16.3 Å². The van der Waals surface area contributed by atoms with Crippen LogP contribution in [0, 0.1) is 11.7 Å². The molecule has 0 radical (unpaired) electrons. The molecule has 88 valence electrons. The highest BCUT2D eigenvalue weighted by molar-refractivity contribution is 7.91. The first-order valence-electron chi connectivity index (χ1n) is 5.27. The Kier molecular flexibility index (Phi) is 2.88. The number of anilines is 1. The van der Waals surface area contributed by atoms with Gasteiger partial charge in [0.1, 0.15) is 5.82 Å². The van der Waals surface area contributed by atoms with Crippen LogP contribution < -0.4 is 5.73 Å². The Morgan fingerprint density at radius 2 is 2.06 bits per heavy atom. The van der Waals surface area contributed by atoms with Crippen molar-refractivity contribution in [1.82, 2.24) is 0 Å². The SMILES string of the molecule is Nc1ccc(S(=O)(=O)CCC2CC2)cc1F. The van der Waals surface area contributed by atoms with E-state index in [1.807, 2.05) is 0 Å². The monoisotopic (exact) mass is 243 g/mol. The molecule has 1 saturated carbocycles. The van der Waals surface area contributed by atoms with Crippen molar-refractivity contribution in [2.24, 2.45) is 5.92 Å². The smallest absolute Gasteiger partial charge is 0.178 e. The summed E-state index contributed by atoms with van der Waals surface area (Å²) in [6.45, 7) is 0. The molecule has 0 atom stereocenters. The predicted octanol–water partition coefficient (Wildman–Crippen LogP) is 1.98. The molecule has 0 bridgehead atoms. The van der Waals surface area contributed by atoms with E-state index in [-0.39, 0.29) is 16.3 Å². The number of benzene rings is 1. The van der Waals surface area contributed by atoms with Crippen LogP contribution >= 0.6 is 0 Å². The summed E-state index contributed by atoms with van der Waals surface area (Å²) < 4.78 is 36.8. The van der Waals surface area contributed by atoms with E-state index < -0.39 is 15.7 Å². The zero-order valence-electron chi connectivity index (χ0n) is 8.82. The van der Waals surface area contributed by atoms with E-state index in [9.17, 15) is 12.8 Å². The summed E-state index contributed by atoms with van der Waals surface area (Å²) in [5.41, 5.74) is 5.27. The van der Waals surface area contributed by atoms with E-state index >= 15 is 0 Å². The molecule has 1 aliphatic rings. The summed E-state index contributed by atoms with van der Waals surface area (Å²) >= 11 is 0. The van der Waals surface area contributed by atoms with Gasteiger partial charge in [-0.2, -0.15) is 0 Å². The Hall–Kier alpha value is -1.10. The third-order valence-electron chi connectivity index (χ3n) is 2.82. The predicted molar refractivity (Wildman–Crippen MR) is 60.2 cm³/mol. The van der Waals surface area contributed by atoms with Crippen LogP contribution in [0.15, 0.2) is 23.1 Å². The molecule has 2 rings (SSSR count). The topological polar surface area (TPSA) is 60.2 Å². The molecule has 1 aromatic carbocycles. The van der Waals surface area contributed by atoms with E-state index in [2.05, 4.69) is 0 Å². The highest BCUT2D eigenvalue weighted by atomic mass is 32.2. The summed E-state index contributed by atoms with van der Waals surface area (Å²) in [6, 6.07) is 3.65. The third-order valence-corrected chi connectivity index (χ3v) is 4.57. The van der Waals surface area contributed by atoms with Gasteiger partial charge in [0.15, 0.2) is 9.84 Å². The first kappa shape index (κ1) is 11.4. The minimum atomic E-state index is -3.35. The molecule has 1 aliphatic carbocycles. The van der Waals surface area contributed by atoms with Crippen molar-refractivity contribution in [3.8, 4) is 0 Å². The van der Waals surface area contributed by atoms with Gasteiger partial charge in [-0.15, -0.1) is 0 Å². The van der Waals surface area contributed by atoms with Crippen LogP contribution in [-0.4, -0.2) is 14.2 Å². The lowest BCUT2D eigenvalue weighted by Crippen LogP contribution is -2.08. The fourth-order valence-electron chi connectivity index (χ4n) is 1.55. The highest BCUT2D eigenvalue weighted by Gasteiger charge is 2.25. The van der Waals surface area contributed by atoms with Gasteiger partial charge in [-0.1, -0.05) is 12.8 Å². The second kappa shape index (κ2) is 4.05. The number of rotatable bonds is 4. The van der Waals surface area contributed by atoms with Gasteiger partial charge in [-0.3, -0.25) is 0 Å². The Bertz CT molecular complexity index is 495. The number of nitrogens with two attached hydrogens (primary N) is 1. The number of halogens is 1. The summed E-state index contributed by atoms with van der Waals surface area (Å²) in [5.74, 6) is -0.0259. The molecule has 2 N–H and O–H groups in total. The van der Waals surface area contributed by atoms with Crippen LogP contribution in [0.25, 0.3) is 0 Å². The lowest BCUT2D eigenvalue weighted by molar-refractivity contribution is 0.586. The van der Waals surface area contributed by atoms with E-state index in [1.54, 1.807) is 0 Å². The normalized spacial score (nSPS) is 16.3. The minimum Gasteiger partial charge on any atom is -0.396 e. The van der Waals surface area contributed by atoms with Crippen LogP contribution in [-0.2, 0) is 9.84 Å². The lowest BCUT2D eigenvalue weighted by Gasteiger charge is -2.05. The van der Waals surface area contributed by atoms with E-state index in [0.29, 0.717) is 12.3 Å². The zero-order chi connectivity index (χ0) is 11.8. The molecule has 3 nitrogen and oxygen atoms in total. The second-order valence-electron chi connectivity index (χ2n) is 4.23. The maximum atomic E-state index is 13.1. The van der Waals surface area contributed by atoms with Crippen molar-refractivity contribution in [2.45, 2.75) is 24.2 Å². The van der Waals surface area contributed by atoms with Gasteiger partial charge < -0.3 is 5.73 Å². The first-order valence-corrected chi connectivity index (χ1v) is 6.92. The molecule has 1 aromatic rings. The second-order valence-corrected chi connectivity index (χ2v) is 6.34. The molecule has 16 heavy (non-hydrogen) atoms. The van der Waals surface area contributed by atoms with E-state index in [0.717, 1.165) is 18.9 Å². The molecular weight excluding hydrogens is 229 g/mol. The van der Waals surface area contributed by atoms with Crippen LogP contribution in [0.2, 0.25) is 0 Å². The van der Waals surface area contributed by atoms with Crippen LogP contribution in [0.3, 0.4) is 0 Å². The Morgan fingerprint density at radius 3 is 2.62 bits per heavy atom. The van der Waals surface area contributed by atoms with Crippen LogP contribution in [0.1, 0.15) is 19.3 Å². The summed E-state index contributed by atoms with van der Waals surface area (Å²) in [5, 5.41) is 0. The molecule has 0 heterocycles. The van der Waals surface area contributed by atoms with Crippen molar-refractivity contribution in [2.75, 3.05) is 11.5 Å². The van der Waals surface area contributed by atoms with Gasteiger partial charge in [-0.05, 0) is 30.5 Å². The van der Waals surface area contributed by atoms with Gasteiger partial charge >= 0.3 is 0 Å². The Morgan fingerprint density at radius 1 is 1.38 bits per heavy atom. The maximum absolute atomic E-state index is 13.1. The molecule has 0 saturated heterocycles. The Balaban J connectivity index is 2.17. The molecule has 1 fully saturated rings. The van der Waals surface area contributed by atoms with Crippen molar-refractivity contribution in [3.63, 3.8) is 0 Å². The molecule has 0 aliphatic heterocycles. The van der Waals surface area contributed by atoms with E-state index in [4.69, 9.17) is 5.73 Å². The number of hydrogen-bond donors (Lipinski definition) is 1. The van der Waals surface area contributed by atoms with Crippen molar-refractivity contribution >= 4 is 15.5 Å². The van der Waals surface area contributed by atoms with Crippen LogP contribution in [0.4, 0.5) is 10.1 Å². The average molecular weight is 243 g/mol. The standard InChI is InChI=1S/C11H14FNO2S/c12-10-7-9(3-4-11(10)13)16(14,15)6-5-8-1-2-8/h3-4,7-8H,1-2,5-6,13H2. The molecule has 0 unspecified atom stereocenters. The summed E-state index contributed by atoms with van der Waals surface area (Å²) in [4.78, 5) is 0.0276. The maximum Gasteiger partial charge on any atom is 0.178 e. The van der Waals surface area contributed by atoms with Gasteiger partial charge in [0, 0.05) is 0 Å². The minimum absolute atomic E-state index is 0.0267. The molecule has 0 spiro atoms. The van der Waals surface area contributed by atoms with Crippen molar-refractivity contribution in [3.05, 3.63) is 24.0 Å². The van der Waals surface area contributed by atoms with Crippen molar-refractivity contribution < 1.29 is 12.8 Å². The number of sulfone groups is 1. The summed E-state index contributed by atoms with van der Waals surface area (Å²) in [6.07, 6.45) is 2.91. The molecule has 0 aromatic heterocycles. The quantitative estimate of drug-likeness (QED) is 0.822. The van der Waals surface area contributed by atoms with Gasteiger partial charge in [0.25, 0.3) is 0 Å². The fraction of sp³-hybridized carbons (Fsp3) is 0.455. The van der Waals surface area contributed by atoms with Gasteiger partial charge in [-0.25, -0.2) is 12.8 Å². The van der Waals surface area contributed by atoms with E-state index in [1.165, 1.54) is 12.1 Å². The Labute approximate surface area is 94.4 Å². The number of nitrogen functional groups attached to an aromatic ring is 1. The van der Waals surface area contributed by atoms with Crippen LogP contribution in [0.5, 0.6) is 0 Å². The largest absolute Gasteiger partial charge is 0.396 e. The zero-order valence-corrected chi connectivity index (χ0v) is 9.63. The highest BCUT2D eigenvalue weighted by Crippen LogP contribution is 2.33. The fourth-order valence-corrected chi connectivity index (χ4v) is 2.99. The van der Waals surface area contributed by atoms with Crippen molar-refractivity contribution in [1.29, 1.82) is 0 Å².